The third-order valence-corrected chi connectivity index (χ3v) is 5.95. The van der Waals surface area contributed by atoms with Gasteiger partial charge in [0.25, 0.3) is 5.19 Å². The van der Waals surface area contributed by atoms with Crippen molar-refractivity contribution in [2.45, 2.75) is 0 Å². The topological polar surface area (TPSA) is 69.9 Å². The summed E-state index contributed by atoms with van der Waals surface area (Å²) in [5, 5.41) is 2.29. The lowest BCUT2D eigenvalue weighted by atomic mass is 10.2. The van der Waals surface area contributed by atoms with Gasteiger partial charge >= 0.3 is 0 Å². The van der Waals surface area contributed by atoms with Crippen LogP contribution in [0, 0.1) is 0 Å². The Labute approximate surface area is 164 Å². The molecule has 0 atom stereocenters. The van der Waals surface area contributed by atoms with Crippen LogP contribution < -0.4 is 14.2 Å². The summed E-state index contributed by atoms with van der Waals surface area (Å²) in [6, 6.07) is 5.69. The largest absolute Gasteiger partial charge is 0.496 e. The molecule has 0 bridgehead atoms. The van der Waals surface area contributed by atoms with Crippen LogP contribution in [0.2, 0.25) is 0 Å². The summed E-state index contributed by atoms with van der Waals surface area (Å²) in [6.07, 6.45) is 0. The average molecular weight is 406 g/mol. The molecule has 0 amide bonds. The van der Waals surface area contributed by atoms with Crippen molar-refractivity contribution in [3.05, 3.63) is 18.2 Å². The highest BCUT2D eigenvalue weighted by Crippen LogP contribution is 2.40. The molecule has 9 heteroatoms. The van der Waals surface area contributed by atoms with Gasteiger partial charge in [0.05, 0.1) is 19.6 Å². The highest BCUT2D eigenvalue weighted by Gasteiger charge is 2.18. The van der Waals surface area contributed by atoms with Crippen molar-refractivity contribution in [2.24, 2.45) is 0 Å². The second kappa shape index (κ2) is 7.34. The summed E-state index contributed by atoms with van der Waals surface area (Å²) in [7, 11) is 7.26. The predicted octanol–water partition coefficient (Wildman–Crippen LogP) is 4.12. The molecule has 0 radical (unpaired) electrons. The highest BCUT2D eigenvalue weighted by molar-refractivity contribution is 7.28. The first-order valence-corrected chi connectivity index (χ1v) is 9.91. The van der Waals surface area contributed by atoms with Crippen LogP contribution in [0.25, 0.3) is 31.4 Å². The lowest BCUT2D eigenvalue weighted by molar-refractivity contribution is 0.262. The van der Waals surface area contributed by atoms with Crippen LogP contribution in [-0.4, -0.2) is 56.3 Å². The SMILES string of the molecule is COc1cc(OCCN(C)C)c2cc(-c3nc4sc(OC)nc4s3)oc2c1. The molecule has 0 aliphatic rings. The number of likely N-dealkylation sites (N-methyl/N-ethyl adjacent to an activating group) is 1. The molecule has 0 aliphatic heterocycles. The smallest absolute Gasteiger partial charge is 0.276 e. The molecular weight excluding hydrogens is 386 g/mol. The fraction of sp³-hybridized carbons (Fsp3) is 0.333. The Balaban J connectivity index is 1.71. The molecule has 27 heavy (non-hydrogen) atoms. The van der Waals surface area contributed by atoms with E-state index in [9.17, 15) is 0 Å². The van der Waals surface area contributed by atoms with Gasteiger partial charge in [-0.1, -0.05) is 22.7 Å². The standard InChI is InChI=1S/C18H19N3O4S2/c1-21(2)5-6-24-12-7-10(22-3)8-13-11(12)9-14(25-13)15-19-16-17(26-15)20-18(23-4)27-16/h7-9H,5-6H2,1-4H3. The van der Waals surface area contributed by atoms with Crippen molar-refractivity contribution in [1.82, 2.24) is 14.9 Å². The molecule has 3 heterocycles. The molecule has 0 saturated heterocycles. The summed E-state index contributed by atoms with van der Waals surface area (Å²) in [4.78, 5) is 12.8. The molecular formula is C18H19N3O4S2. The summed E-state index contributed by atoms with van der Waals surface area (Å²) in [5.41, 5.74) is 0.702. The monoisotopic (exact) mass is 405 g/mol. The Kier molecular flexibility index (Phi) is 4.90. The first-order chi connectivity index (χ1) is 13.1. The van der Waals surface area contributed by atoms with Crippen LogP contribution in [0.15, 0.2) is 22.6 Å². The van der Waals surface area contributed by atoms with Gasteiger partial charge in [0.1, 0.15) is 23.7 Å². The second-order valence-electron chi connectivity index (χ2n) is 6.11. The molecule has 142 valence electrons. The van der Waals surface area contributed by atoms with E-state index in [1.807, 2.05) is 32.3 Å². The van der Waals surface area contributed by atoms with E-state index < -0.39 is 0 Å². The van der Waals surface area contributed by atoms with Crippen molar-refractivity contribution in [3.8, 4) is 27.5 Å². The Bertz CT molecular complexity index is 1050. The number of ether oxygens (including phenoxy) is 3. The summed E-state index contributed by atoms with van der Waals surface area (Å²) >= 11 is 2.89. The maximum absolute atomic E-state index is 6.04. The van der Waals surface area contributed by atoms with Gasteiger partial charge in [0.15, 0.2) is 20.4 Å². The van der Waals surface area contributed by atoms with E-state index in [2.05, 4.69) is 14.9 Å². The normalized spacial score (nSPS) is 11.6. The minimum atomic E-state index is 0.576. The number of hydrogen-bond acceptors (Lipinski definition) is 9. The molecule has 4 aromatic rings. The van der Waals surface area contributed by atoms with Crippen LogP contribution in [0.4, 0.5) is 0 Å². The first-order valence-electron chi connectivity index (χ1n) is 8.28. The maximum atomic E-state index is 6.04. The van der Waals surface area contributed by atoms with Gasteiger partial charge in [-0.15, -0.1) is 0 Å². The van der Waals surface area contributed by atoms with Crippen LogP contribution in [0.5, 0.6) is 16.7 Å². The Morgan fingerprint density at radius 3 is 2.56 bits per heavy atom. The number of rotatable bonds is 7. The van der Waals surface area contributed by atoms with E-state index in [1.54, 1.807) is 14.2 Å². The zero-order valence-electron chi connectivity index (χ0n) is 15.4. The quantitative estimate of drug-likeness (QED) is 0.458. The molecule has 3 aromatic heterocycles. The highest BCUT2D eigenvalue weighted by atomic mass is 32.1. The molecule has 7 nitrogen and oxygen atoms in total. The van der Waals surface area contributed by atoms with Crippen LogP contribution in [0.3, 0.4) is 0 Å². The summed E-state index contributed by atoms with van der Waals surface area (Å²) in [6.45, 7) is 1.39. The molecule has 0 fully saturated rings. The predicted molar refractivity (Wildman–Crippen MR) is 108 cm³/mol. The van der Waals surface area contributed by atoms with Crippen LogP contribution in [-0.2, 0) is 0 Å². The Morgan fingerprint density at radius 1 is 1.04 bits per heavy atom. The van der Waals surface area contributed by atoms with Gasteiger partial charge in [-0.05, 0) is 20.2 Å². The number of thiazole rings is 2. The molecule has 0 unspecified atom stereocenters. The lowest BCUT2D eigenvalue weighted by Crippen LogP contribution is -2.19. The number of methoxy groups -OCH3 is 2. The van der Waals surface area contributed by atoms with Crippen molar-refractivity contribution >= 4 is 43.3 Å². The van der Waals surface area contributed by atoms with Gasteiger partial charge in [0, 0.05) is 18.7 Å². The second-order valence-corrected chi connectivity index (χ2v) is 8.03. The minimum Gasteiger partial charge on any atom is -0.496 e. The van der Waals surface area contributed by atoms with Gasteiger partial charge in [0.2, 0.25) is 0 Å². The fourth-order valence-corrected chi connectivity index (χ4v) is 4.38. The number of nitrogens with zero attached hydrogens (tertiary/aromatic N) is 3. The molecule has 0 saturated carbocycles. The number of aromatic nitrogens is 2. The average Bonchev–Trinajstić information content (AvgIpc) is 3.32. The van der Waals surface area contributed by atoms with Gasteiger partial charge in [-0.3, -0.25) is 0 Å². The Morgan fingerprint density at radius 2 is 1.85 bits per heavy atom. The maximum Gasteiger partial charge on any atom is 0.276 e. The number of furan rings is 1. The zero-order chi connectivity index (χ0) is 19.0. The van der Waals surface area contributed by atoms with E-state index >= 15 is 0 Å². The van der Waals surface area contributed by atoms with Crippen molar-refractivity contribution in [3.63, 3.8) is 0 Å². The van der Waals surface area contributed by atoms with Gasteiger partial charge in [-0.2, -0.15) is 4.98 Å². The number of benzene rings is 1. The number of hydrogen-bond donors (Lipinski definition) is 0. The fourth-order valence-electron chi connectivity index (χ4n) is 2.58. The van der Waals surface area contributed by atoms with E-state index in [4.69, 9.17) is 18.6 Å². The van der Waals surface area contributed by atoms with Crippen molar-refractivity contribution in [2.75, 3.05) is 41.5 Å². The molecule has 0 aliphatic carbocycles. The molecule has 0 spiro atoms. The van der Waals surface area contributed by atoms with E-state index in [0.29, 0.717) is 28.9 Å². The number of fused-ring (bicyclic) bond motifs is 2. The molecule has 0 N–H and O–H groups in total. The first kappa shape index (κ1) is 18.0. The van der Waals surface area contributed by atoms with E-state index in [0.717, 1.165) is 32.3 Å². The van der Waals surface area contributed by atoms with Crippen LogP contribution in [0.1, 0.15) is 0 Å². The third-order valence-electron chi connectivity index (χ3n) is 3.95. The molecule has 1 aromatic carbocycles. The summed E-state index contributed by atoms with van der Waals surface area (Å²) in [5.74, 6) is 2.11. The van der Waals surface area contributed by atoms with Crippen molar-refractivity contribution < 1.29 is 18.6 Å². The van der Waals surface area contributed by atoms with Crippen molar-refractivity contribution in [1.29, 1.82) is 0 Å². The van der Waals surface area contributed by atoms with Gasteiger partial charge in [-0.25, -0.2) is 4.98 Å². The minimum absolute atomic E-state index is 0.576. The van der Waals surface area contributed by atoms with Gasteiger partial charge < -0.3 is 23.5 Å². The van der Waals surface area contributed by atoms with E-state index in [-0.39, 0.29) is 0 Å². The third kappa shape index (κ3) is 3.58. The summed E-state index contributed by atoms with van der Waals surface area (Å²) < 4.78 is 22.6. The van der Waals surface area contributed by atoms with E-state index in [1.165, 1.54) is 22.7 Å². The zero-order valence-corrected chi connectivity index (χ0v) is 17.1. The molecule has 4 rings (SSSR count). The van der Waals surface area contributed by atoms with Crippen LogP contribution >= 0.6 is 22.7 Å². The Hall–Kier alpha value is -2.36. The lowest BCUT2D eigenvalue weighted by Gasteiger charge is -2.12.